The van der Waals surface area contributed by atoms with E-state index in [1.807, 2.05) is 30.3 Å². The molecule has 0 bridgehead atoms. The molecule has 0 saturated heterocycles. The topological polar surface area (TPSA) is 96.0 Å². The van der Waals surface area contributed by atoms with Gasteiger partial charge < -0.3 is 10.3 Å². The molecule has 0 aliphatic heterocycles. The highest BCUT2D eigenvalue weighted by molar-refractivity contribution is 9.10. The molecule has 0 aliphatic carbocycles. The third-order valence-corrected chi connectivity index (χ3v) is 5.06. The number of nitrogens with zero attached hydrogens (tertiary/aromatic N) is 6. The molecule has 0 unspecified atom stereocenters. The molecular formula is C17H13BrF3N7O. The lowest BCUT2D eigenvalue weighted by Crippen LogP contribution is -2.25. The van der Waals surface area contributed by atoms with Gasteiger partial charge in [-0.05, 0) is 15.9 Å². The minimum atomic E-state index is -4.62. The Bertz CT molecular complexity index is 1270. The van der Waals surface area contributed by atoms with Gasteiger partial charge in [0.25, 0.3) is 0 Å². The normalized spacial score (nSPS) is 12.0. The summed E-state index contributed by atoms with van der Waals surface area (Å²) in [5, 5.41) is 4.17. The molecule has 4 rings (SSSR count). The van der Waals surface area contributed by atoms with Gasteiger partial charge in [0.05, 0.1) is 28.7 Å². The summed E-state index contributed by atoms with van der Waals surface area (Å²) in [4.78, 5) is 20.8. The second-order valence-corrected chi connectivity index (χ2v) is 7.04. The average molecular weight is 468 g/mol. The maximum Gasteiger partial charge on any atom is 0.433 e. The van der Waals surface area contributed by atoms with E-state index in [1.165, 1.54) is 7.05 Å². The third-order valence-electron chi connectivity index (χ3n) is 4.33. The van der Waals surface area contributed by atoms with E-state index in [4.69, 9.17) is 5.73 Å². The Morgan fingerprint density at radius 3 is 2.55 bits per heavy atom. The first-order valence-corrected chi connectivity index (χ1v) is 9.05. The van der Waals surface area contributed by atoms with Crippen molar-refractivity contribution in [1.82, 2.24) is 28.7 Å². The highest BCUT2D eigenvalue weighted by Crippen LogP contribution is 2.32. The summed E-state index contributed by atoms with van der Waals surface area (Å²) in [5.41, 5.74) is 5.30. The first kappa shape index (κ1) is 19.2. The van der Waals surface area contributed by atoms with E-state index in [0.29, 0.717) is 10.2 Å². The molecule has 150 valence electrons. The summed E-state index contributed by atoms with van der Waals surface area (Å²) in [6, 6.07) is 9.08. The van der Waals surface area contributed by atoms with Gasteiger partial charge in [0, 0.05) is 12.6 Å². The predicted molar refractivity (Wildman–Crippen MR) is 102 cm³/mol. The van der Waals surface area contributed by atoms with Crippen LogP contribution in [-0.4, -0.2) is 28.7 Å². The Morgan fingerprint density at radius 2 is 1.90 bits per heavy atom. The zero-order chi connectivity index (χ0) is 20.9. The fraction of sp³-hybridized carbons (Fsp3) is 0.176. The number of halogens is 4. The molecule has 12 heteroatoms. The highest BCUT2D eigenvalue weighted by Gasteiger charge is 2.37. The first-order valence-electron chi connectivity index (χ1n) is 8.26. The number of nitrogens with two attached hydrogens (primary N) is 1. The smallest absolute Gasteiger partial charge is 0.369 e. The van der Waals surface area contributed by atoms with E-state index >= 15 is 0 Å². The lowest BCUT2D eigenvalue weighted by atomic mass is 10.1. The summed E-state index contributed by atoms with van der Waals surface area (Å²) in [7, 11) is 1.23. The molecular weight excluding hydrogens is 455 g/mol. The Labute approximate surface area is 169 Å². The van der Waals surface area contributed by atoms with Gasteiger partial charge in [-0.2, -0.15) is 13.2 Å². The van der Waals surface area contributed by atoms with Gasteiger partial charge in [0.2, 0.25) is 5.95 Å². The van der Waals surface area contributed by atoms with Crippen LogP contribution >= 0.6 is 15.9 Å². The van der Waals surface area contributed by atoms with Crippen LogP contribution in [0.25, 0.3) is 16.9 Å². The molecule has 1 aromatic carbocycles. The molecule has 0 spiro atoms. The number of nitrogen functional groups attached to an aromatic ring is 1. The first-order chi connectivity index (χ1) is 13.7. The van der Waals surface area contributed by atoms with E-state index < -0.39 is 24.1 Å². The monoisotopic (exact) mass is 467 g/mol. The van der Waals surface area contributed by atoms with Crippen molar-refractivity contribution < 1.29 is 13.2 Å². The Morgan fingerprint density at radius 1 is 1.21 bits per heavy atom. The quantitative estimate of drug-likeness (QED) is 0.499. The number of rotatable bonds is 3. The number of aryl methyl sites for hydroxylation is 1. The zero-order valence-corrected chi connectivity index (χ0v) is 16.4. The molecule has 0 atom stereocenters. The molecule has 29 heavy (non-hydrogen) atoms. The van der Waals surface area contributed by atoms with Gasteiger partial charge in [-0.25, -0.2) is 23.8 Å². The van der Waals surface area contributed by atoms with Gasteiger partial charge in [0.15, 0.2) is 5.65 Å². The minimum absolute atomic E-state index is 0.129. The second-order valence-electron chi connectivity index (χ2n) is 6.25. The number of anilines is 1. The van der Waals surface area contributed by atoms with Gasteiger partial charge in [-0.15, -0.1) is 5.10 Å². The van der Waals surface area contributed by atoms with Crippen LogP contribution in [0.15, 0.2) is 45.9 Å². The van der Waals surface area contributed by atoms with Crippen LogP contribution < -0.4 is 11.4 Å². The van der Waals surface area contributed by atoms with E-state index in [0.717, 1.165) is 25.5 Å². The standard InChI is InChI=1S/C17H13BrF3N7O/c1-26-8-23-10(13(26)17(19,20)21)7-27-16(29)28-14(25-27)11(18)12(24-15(28)22)9-5-3-2-4-6-9/h2-6,8H,7H2,1H3,(H2,22,24). The number of alkyl halides is 3. The molecule has 2 N–H and O–H groups in total. The lowest BCUT2D eigenvalue weighted by molar-refractivity contribution is -0.143. The van der Waals surface area contributed by atoms with Crippen LogP contribution in [-0.2, 0) is 19.8 Å². The van der Waals surface area contributed by atoms with Gasteiger partial charge in [-0.1, -0.05) is 30.3 Å². The second kappa shape index (κ2) is 6.72. The maximum absolute atomic E-state index is 13.3. The largest absolute Gasteiger partial charge is 0.433 e. The highest BCUT2D eigenvalue weighted by atomic mass is 79.9. The van der Waals surface area contributed by atoms with Gasteiger partial charge >= 0.3 is 11.9 Å². The van der Waals surface area contributed by atoms with Crippen molar-refractivity contribution in [2.75, 3.05) is 5.73 Å². The zero-order valence-electron chi connectivity index (χ0n) is 14.9. The van der Waals surface area contributed by atoms with Crippen molar-refractivity contribution in [1.29, 1.82) is 0 Å². The van der Waals surface area contributed by atoms with E-state index in [9.17, 15) is 18.0 Å². The molecule has 3 heterocycles. The van der Waals surface area contributed by atoms with E-state index in [-0.39, 0.29) is 17.3 Å². The maximum atomic E-state index is 13.3. The Hall–Kier alpha value is -3.15. The summed E-state index contributed by atoms with van der Waals surface area (Å²) >= 11 is 3.38. The Kier molecular flexibility index (Phi) is 4.45. The predicted octanol–water partition coefficient (Wildman–Crippen LogP) is 2.70. The van der Waals surface area contributed by atoms with Crippen molar-refractivity contribution in [3.05, 3.63) is 63.0 Å². The lowest BCUT2D eigenvalue weighted by Gasteiger charge is -2.09. The molecule has 0 radical (unpaired) electrons. The van der Waals surface area contributed by atoms with Crippen molar-refractivity contribution in [3.8, 4) is 11.3 Å². The fourth-order valence-electron chi connectivity index (χ4n) is 3.07. The Balaban J connectivity index is 1.87. The number of aromatic nitrogens is 6. The minimum Gasteiger partial charge on any atom is -0.369 e. The fourth-order valence-corrected chi connectivity index (χ4v) is 3.64. The van der Waals surface area contributed by atoms with Crippen molar-refractivity contribution >= 4 is 27.5 Å². The average Bonchev–Trinajstić information content (AvgIpc) is 3.20. The number of hydrogen-bond donors (Lipinski definition) is 1. The van der Waals surface area contributed by atoms with Crippen LogP contribution in [0.4, 0.5) is 19.1 Å². The number of hydrogen-bond acceptors (Lipinski definition) is 5. The van der Waals surface area contributed by atoms with Crippen LogP contribution in [0, 0.1) is 0 Å². The third kappa shape index (κ3) is 3.18. The van der Waals surface area contributed by atoms with Crippen molar-refractivity contribution in [3.63, 3.8) is 0 Å². The molecule has 8 nitrogen and oxygen atoms in total. The van der Waals surface area contributed by atoms with Crippen LogP contribution in [0.5, 0.6) is 0 Å². The molecule has 0 saturated carbocycles. The summed E-state index contributed by atoms with van der Waals surface area (Å²) < 4.78 is 43.1. The summed E-state index contributed by atoms with van der Waals surface area (Å²) in [6.07, 6.45) is -3.58. The number of imidazole rings is 1. The van der Waals surface area contributed by atoms with Crippen molar-refractivity contribution in [2.24, 2.45) is 7.05 Å². The number of benzene rings is 1. The van der Waals surface area contributed by atoms with Crippen LogP contribution in [0.2, 0.25) is 0 Å². The summed E-state index contributed by atoms with van der Waals surface area (Å²) in [5.74, 6) is -0.129. The number of fused-ring (bicyclic) bond motifs is 1. The van der Waals surface area contributed by atoms with Gasteiger partial charge in [0.1, 0.15) is 5.69 Å². The van der Waals surface area contributed by atoms with Crippen molar-refractivity contribution in [2.45, 2.75) is 12.7 Å². The van der Waals surface area contributed by atoms with Gasteiger partial charge in [-0.3, -0.25) is 0 Å². The van der Waals surface area contributed by atoms with Crippen LogP contribution in [0.3, 0.4) is 0 Å². The molecule has 3 aromatic heterocycles. The molecule has 0 aliphatic rings. The molecule has 0 amide bonds. The summed E-state index contributed by atoms with van der Waals surface area (Å²) in [6.45, 7) is -0.469. The van der Waals surface area contributed by atoms with E-state index in [1.54, 1.807) is 0 Å². The molecule has 4 aromatic rings. The molecule has 0 fully saturated rings. The SMILES string of the molecule is Cn1cnc(Cn2nc3c(Br)c(-c4ccccc4)nc(N)n3c2=O)c1C(F)(F)F. The van der Waals surface area contributed by atoms with E-state index in [2.05, 4.69) is 31.0 Å². The van der Waals surface area contributed by atoms with Crippen LogP contribution in [0.1, 0.15) is 11.4 Å².